The Balaban J connectivity index is 0.000000111. The number of halogens is 1. The molecule has 6 nitrogen and oxygen atoms in total. The fourth-order valence-electron chi connectivity index (χ4n) is 11.8. The van der Waals surface area contributed by atoms with Crippen molar-refractivity contribution in [3.8, 4) is 33.2 Å². The first-order valence-corrected chi connectivity index (χ1v) is 31.6. The summed E-state index contributed by atoms with van der Waals surface area (Å²) in [6.07, 6.45) is 0. The molecule has 9 heterocycles. The van der Waals surface area contributed by atoms with Gasteiger partial charge in [0.05, 0.1) is 77.9 Å². The highest BCUT2D eigenvalue weighted by atomic mass is 79.9. The van der Waals surface area contributed by atoms with Gasteiger partial charge in [-0.25, -0.2) is 0 Å². The molecule has 17 rings (SSSR count). The second-order valence-electron chi connectivity index (χ2n) is 21.7. The van der Waals surface area contributed by atoms with Crippen LogP contribution in [0.15, 0.2) is 245 Å². The molecule has 8 aromatic carbocycles. The molecule has 0 atom stereocenters. The van der Waals surface area contributed by atoms with Crippen LogP contribution in [0.25, 0.3) is 118 Å². The third-order valence-corrected chi connectivity index (χ3v) is 21.2. The quantitative estimate of drug-likeness (QED) is 0.156. The van der Waals surface area contributed by atoms with Gasteiger partial charge in [-0.1, -0.05) is 127 Å². The second kappa shape index (κ2) is 20.3. The van der Waals surface area contributed by atoms with Crippen molar-refractivity contribution >= 4 is 158 Å². The summed E-state index contributed by atoms with van der Waals surface area (Å²) in [7, 11) is -0.353. The zero-order valence-corrected chi connectivity index (χ0v) is 50.1. The van der Waals surface area contributed by atoms with Crippen molar-refractivity contribution in [1.82, 2.24) is 18.3 Å². The Bertz CT molecular complexity index is 5010. The Morgan fingerprint density at radius 3 is 1.26 bits per heavy atom. The smallest absolute Gasteiger partial charge is 0.399 e. The van der Waals surface area contributed by atoms with Gasteiger partial charge in [-0.3, -0.25) is 0 Å². The number of nitrogens with zero attached hydrogens (tertiary/aromatic N) is 4. The maximum atomic E-state index is 6.27. The van der Waals surface area contributed by atoms with Gasteiger partial charge in [-0.15, -0.1) is 45.3 Å². The van der Waals surface area contributed by atoms with Crippen LogP contribution in [-0.4, -0.2) is 36.6 Å². The summed E-state index contributed by atoms with van der Waals surface area (Å²) < 4.78 is 28.6. The molecule has 1 aliphatic rings. The van der Waals surface area contributed by atoms with Gasteiger partial charge in [0.1, 0.15) is 0 Å². The first-order valence-electron chi connectivity index (χ1n) is 27.4. The fraction of sp³-hybridized carbons (Fsp3) is 0.0857. The van der Waals surface area contributed by atoms with Crippen molar-refractivity contribution in [2.24, 2.45) is 0 Å². The van der Waals surface area contributed by atoms with E-state index in [1.807, 2.05) is 51.4 Å². The van der Waals surface area contributed by atoms with E-state index in [2.05, 4.69) is 297 Å². The van der Waals surface area contributed by atoms with Crippen molar-refractivity contribution in [2.75, 3.05) is 0 Å². The molecular formula is C70H52BBrN4O2S4. The maximum Gasteiger partial charge on any atom is 0.494 e. The molecule has 0 N–H and O–H groups in total. The zero-order valence-electron chi connectivity index (χ0n) is 45.3. The van der Waals surface area contributed by atoms with Crippen LogP contribution in [0.5, 0.6) is 0 Å². The molecule has 398 valence electrons. The Kier molecular flexibility index (Phi) is 12.6. The summed E-state index contributed by atoms with van der Waals surface area (Å²) >= 11 is 10.9. The molecule has 0 aliphatic carbocycles. The van der Waals surface area contributed by atoms with E-state index in [1.165, 1.54) is 116 Å². The van der Waals surface area contributed by atoms with Crippen LogP contribution in [0, 0.1) is 0 Å². The second-order valence-corrected chi connectivity index (χ2v) is 27.0. The lowest BCUT2D eigenvalue weighted by molar-refractivity contribution is 0.00578. The molecule has 1 saturated heterocycles. The van der Waals surface area contributed by atoms with Gasteiger partial charge in [0.25, 0.3) is 0 Å². The van der Waals surface area contributed by atoms with Crippen LogP contribution in [0.1, 0.15) is 27.7 Å². The van der Waals surface area contributed by atoms with E-state index in [1.54, 1.807) is 0 Å². The topological polar surface area (TPSA) is 38.2 Å². The predicted molar refractivity (Wildman–Crippen MR) is 357 cm³/mol. The average Bonchev–Trinajstić information content (AvgIpc) is 2.97. The number of hydrogen-bond donors (Lipinski definition) is 0. The Hall–Kier alpha value is -7.78. The number of benzene rings is 8. The standard InChI is InChI=1S/C32H20N2S2.C24H24BNO2.C14H8BrNS2/c1-3-9-22(10-4-1)33-26-14-8-7-13-24(26)25-19-21(15-16-27(25)33)30-20-29-32(36-30)31-28(17-18-35-31)34(29)23-11-5-2-6-12-23;1-23(2)24(3,4)28-25(27-23)17-14-15-22-20(16-17)19-12-8-9-13-21(19)26(22)18-10-6-5-7-11-18;15-12-8-11-14(18-12)13-10(6-7-17-13)16(11)9-4-2-1-3-5-9/h1-20H;5-16H,1-4H3;1-8H. The molecule has 0 saturated carbocycles. The summed E-state index contributed by atoms with van der Waals surface area (Å²) in [5.41, 5.74) is 16.5. The third kappa shape index (κ3) is 8.53. The Labute approximate surface area is 499 Å². The van der Waals surface area contributed by atoms with E-state index in [4.69, 9.17) is 9.31 Å². The number of thiophene rings is 4. The molecule has 0 bridgehead atoms. The molecule has 0 amide bonds. The van der Waals surface area contributed by atoms with Gasteiger partial charge >= 0.3 is 7.12 Å². The minimum Gasteiger partial charge on any atom is -0.399 e. The molecule has 1 aliphatic heterocycles. The van der Waals surface area contributed by atoms with Crippen LogP contribution in [0.4, 0.5) is 0 Å². The Morgan fingerprint density at radius 1 is 0.354 bits per heavy atom. The first kappa shape index (κ1) is 51.1. The van der Waals surface area contributed by atoms with E-state index in [0.717, 1.165) is 11.2 Å². The van der Waals surface area contributed by atoms with Crippen molar-refractivity contribution in [1.29, 1.82) is 0 Å². The highest BCUT2D eigenvalue weighted by Gasteiger charge is 2.51. The van der Waals surface area contributed by atoms with Gasteiger partial charge < -0.3 is 27.6 Å². The van der Waals surface area contributed by atoms with Gasteiger partial charge in [-0.2, -0.15) is 0 Å². The van der Waals surface area contributed by atoms with Crippen LogP contribution < -0.4 is 5.46 Å². The van der Waals surface area contributed by atoms with E-state index in [9.17, 15) is 0 Å². The number of para-hydroxylation sites is 6. The van der Waals surface area contributed by atoms with Gasteiger partial charge in [0.2, 0.25) is 0 Å². The lowest BCUT2D eigenvalue weighted by atomic mass is 9.78. The summed E-state index contributed by atoms with van der Waals surface area (Å²) in [5, 5.41) is 9.39. The summed E-state index contributed by atoms with van der Waals surface area (Å²) in [6, 6.07) is 82.1. The average molecular weight is 1200 g/mol. The SMILES string of the molecule is Brc1cc2c(s1)c1sccc1n2-c1ccccc1.CC1(C)OB(c2ccc3c(c2)c2ccccc2n3-c2ccccc2)OC1(C)C.c1ccc(-n2c3ccccc3c3cc(-c4cc5c(s4)c4sccc4n5-c4ccccc4)ccc32)cc1. The Morgan fingerprint density at radius 2 is 0.756 bits per heavy atom. The number of hydrogen-bond acceptors (Lipinski definition) is 6. The van der Waals surface area contributed by atoms with Gasteiger partial charge in [0.15, 0.2) is 0 Å². The summed E-state index contributed by atoms with van der Waals surface area (Å²) in [6.45, 7) is 8.36. The first-order chi connectivity index (χ1) is 40.1. The minimum atomic E-state index is -0.353. The molecule has 0 radical (unpaired) electrons. The van der Waals surface area contributed by atoms with Crippen LogP contribution in [0.2, 0.25) is 0 Å². The predicted octanol–water partition coefficient (Wildman–Crippen LogP) is 20.4. The lowest BCUT2D eigenvalue weighted by Crippen LogP contribution is -2.41. The highest BCUT2D eigenvalue weighted by molar-refractivity contribution is 9.11. The van der Waals surface area contributed by atoms with E-state index >= 15 is 0 Å². The monoisotopic (exact) mass is 1200 g/mol. The van der Waals surface area contributed by atoms with Gasteiger partial charge in [-0.05, 0) is 169 Å². The molecule has 8 aromatic heterocycles. The van der Waals surface area contributed by atoms with Crippen molar-refractivity contribution in [2.45, 2.75) is 38.9 Å². The fourth-order valence-corrected chi connectivity index (χ4v) is 16.5. The van der Waals surface area contributed by atoms with E-state index < -0.39 is 0 Å². The largest absolute Gasteiger partial charge is 0.494 e. The summed E-state index contributed by atoms with van der Waals surface area (Å²) in [5.74, 6) is 0. The van der Waals surface area contributed by atoms with Crippen LogP contribution >= 0.6 is 61.3 Å². The molecule has 12 heteroatoms. The molecular weight excluding hydrogens is 1150 g/mol. The number of aromatic nitrogens is 4. The molecule has 1 fully saturated rings. The normalized spacial score (nSPS) is 14.0. The molecule has 0 unspecified atom stereocenters. The third-order valence-electron chi connectivity index (χ3n) is 16.3. The molecule has 82 heavy (non-hydrogen) atoms. The lowest BCUT2D eigenvalue weighted by Gasteiger charge is -2.32. The summed E-state index contributed by atoms with van der Waals surface area (Å²) in [4.78, 5) is 1.30. The number of fused-ring (bicyclic) bond motifs is 12. The van der Waals surface area contributed by atoms with Crippen molar-refractivity contribution in [3.63, 3.8) is 0 Å². The van der Waals surface area contributed by atoms with E-state index in [0.29, 0.717) is 0 Å². The van der Waals surface area contributed by atoms with Crippen molar-refractivity contribution < 1.29 is 9.31 Å². The molecule has 16 aromatic rings. The van der Waals surface area contributed by atoms with Crippen molar-refractivity contribution in [3.05, 3.63) is 245 Å². The van der Waals surface area contributed by atoms with Crippen LogP contribution in [-0.2, 0) is 9.31 Å². The van der Waals surface area contributed by atoms with Crippen LogP contribution in [0.3, 0.4) is 0 Å². The zero-order chi connectivity index (χ0) is 55.3. The van der Waals surface area contributed by atoms with Gasteiger partial charge in [0, 0.05) is 49.2 Å². The maximum absolute atomic E-state index is 6.27. The minimum absolute atomic E-state index is 0.343. The highest BCUT2D eigenvalue weighted by Crippen LogP contribution is 2.46. The number of rotatable bonds is 6. The van der Waals surface area contributed by atoms with E-state index in [-0.39, 0.29) is 18.3 Å². The molecule has 0 spiro atoms.